The van der Waals surface area contributed by atoms with E-state index < -0.39 is 5.60 Å². The summed E-state index contributed by atoms with van der Waals surface area (Å²) in [5.74, 6) is 0.356. The fourth-order valence-corrected chi connectivity index (χ4v) is 2.44. The lowest BCUT2D eigenvalue weighted by Gasteiger charge is -2.20. The molecule has 0 atom stereocenters. The summed E-state index contributed by atoms with van der Waals surface area (Å²) in [6, 6.07) is 1.87. The number of hydrogen-bond donors (Lipinski definition) is 2. The third kappa shape index (κ3) is 2.56. The standard InChI is InChI=1S/C13H21N3O2/c1-3-6-10-9-11(16(2)15-10)14-12(17)13(18)7-4-5-8-13/h9,18H,3-8H2,1-2H3,(H,14,17). The van der Waals surface area contributed by atoms with Gasteiger partial charge in [0.05, 0.1) is 5.69 Å². The molecule has 0 unspecified atom stereocenters. The van der Waals surface area contributed by atoms with Gasteiger partial charge in [0.25, 0.3) is 5.91 Å². The van der Waals surface area contributed by atoms with Crippen LogP contribution in [-0.2, 0) is 18.3 Å². The van der Waals surface area contributed by atoms with Gasteiger partial charge < -0.3 is 10.4 Å². The zero-order chi connectivity index (χ0) is 13.2. The third-order valence-electron chi connectivity index (χ3n) is 3.53. The van der Waals surface area contributed by atoms with E-state index in [1.807, 2.05) is 6.07 Å². The Morgan fingerprint density at radius 2 is 2.22 bits per heavy atom. The largest absolute Gasteiger partial charge is 0.380 e. The Morgan fingerprint density at radius 3 is 2.83 bits per heavy atom. The summed E-state index contributed by atoms with van der Waals surface area (Å²) in [5.41, 5.74) is -0.219. The minimum absolute atomic E-state index is 0.300. The van der Waals surface area contributed by atoms with Crippen molar-refractivity contribution in [1.82, 2.24) is 9.78 Å². The van der Waals surface area contributed by atoms with Crippen molar-refractivity contribution in [1.29, 1.82) is 0 Å². The molecule has 0 aromatic carbocycles. The lowest BCUT2D eigenvalue weighted by atomic mass is 10.0. The van der Waals surface area contributed by atoms with E-state index >= 15 is 0 Å². The Labute approximate surface area is 107 Å². The first-order chi connectivity index (χ1) is 8.55. The van der Waals surface area contributed by atoms with Crippen LogP contribution in [0.3, 0.4) is 0 Å². The van der Waals surface area contributed by atoms with Crippen LogP contribution in [0.1, 0.15) is 44.7 Å². The van der Waals surface area contributed by atoms with Crippen LogP contribution in [0.15, 0.2) is 6.07 Å². The van der Waals surface area contributed by atoms with Crippen molar-refractivity contribution in [2.45, 2.75) is 51.0 Å². The zero-order valence-corrected chi connectivity index (χ0v) is 11.1. The van der Waals surface area contributed by atoms with Crippen molar-refractivity contribution >= 4 is 11.7 Å². The summed E-state index contributed by atoms with van der Waals surface area (Å²) in [6.07, 6.45) is 4.85. The minimum Gasteiger partial charge on any atom is -0.380 e. The summed E-state index contributed by atoms with van der Waals surface area (Å²) in [7, 11) is 1.80. The van der Waals surface area contributed by atoms with Gasteiger partial charge in [-0.15, -0.1) is 0 Å². The van der Waals surface area contributed by atoms with E-state index in [2.05, 4.69) is 17.3 Å². The highest BCUT2D eigenvalue weighted by Gasteiger charge is 2.39. The highest BCUT2D eigenvalue weighted by atomic mass is 16.3. The first kappa shape index (κ1) is 13.1. The number of hydrogen-bond acceptors (Lipinski definition) is 3. The molecule has 0 bridgehead atoms. The molecule has 1 aromatic rings. The number of carbonyl (C=O) groups is 1. The van der Waals surface area contributed by atoms with E-state index in [0.29, 0.717) is 18.7 Å². The van der Waals surface area contributed by atoms with Gasteiger partial charge in [-0.3, -0.25) is 9.48 Å². The molecule has 2 rings (SSSR count). The lowest BCUT2D eigenvalue weighted by Crippen LogP contribution is -2.40. The Morgan fingerprint density at radius 1 is 1.56 bits per heavy atom. The highest BCUT2D eigenvalue weighted by molar-refractivity contribution is 5.96. The second-order valence-electron chi connectivity index (χ2n) is 5.09. The molecule has 18 heavy (non-hydrogen) atoms. The quantitative estimate of drug-likeness (QED) is 0.854. The molecular weight excluding hydrogens is 230 g/mol. The number of anilines is 1. The first-order valence-electron chi connectivity index (χ1n) is 6.62. The molecule has 1 amide bonds. The Balaban J connectivity index is 2.06. The van der Waals surface area contributed by atoms with Crippen LogP contribution in [0.25, 0.3) is 0 Å². The topological polar surface area (TPSA) is 67.2 Å². The lowest BCUT2D eigenvalue weighted by molar-refractivity contribution is -0.133. The fourth-order valence-electron chi connectivity index (χ4n) is 2.44. The van der Waals surface area contributed by atoms with Gasteiger partial charge in [0.2, 0.25) is 0 Å². The Hall–Kier alpha value is -1.36. The summed E-state index contributed by atoms with van der Waals surface area (Å²) in [6.45, 7) is 2.09. The molecule has 100 valence electrons. The van der Waals surface area contributed by atoms with Crippen LogP contribution in [0.5, 0.6) is 0 Å². The number of aryl methyl sites for hydroxylation is 2. The molecule has 5 nitrogen and oxygen atoms in total. The number of nitrogens with zero attached hydrogens (tertiary/aromatic N) is 2. The fraction of sp³-hybridized carbons (Fsp3) is 0.692. The summed E-state index contributed by atoms with van der Waals surface area (Å²) in [4.78, 5) is 12.1. The monoisotopic (exact) mass is 251 g/mol. The second-order valence-corrected chi connectivity index (χ2v) is 5.09. The maximum absolute atomic E-state index is 12.1. The Bertz CT molecular complexity index is 433. The van der Waals surface area contributed by atoms with Crippen LogP contribution in [0.4, 0.5) is 5.82 Å². The number of aromatic nitrogens is 2. The molecule has 0 radical (unpaired) electrons. The maximum atomic E-state index is 12.1. The van der Waals surface area contributed by atoms with Gasteiger partial charge in [-0.1, -0.05) is 13.3 Å². The van der Waals surface area contributed by atoms with Gasteiger partial charge in [0.15, 0.2) is 0 Å². The summed E-state index contributed by atoms with van der Waals surface area (Å²) >= 11 is 0. The van der Waals surface area contributed by atoms with E-state index in [-0.39, 0.29) is 5.91 Å². The number of carbonyl (C=O) groups excluding carboxylic acids is 1. The average molecular weight is 251 g/mol. The molecule has 0 saturated heterocycles. The molecule has 0 aliphatic heterocycles. The van der Waals surface area contributed by atoms with E-state index in [1.165, 1.54) is 0 Å². The molecular formula is C13H21N3O2. The molecule has 1 aliphatic carbocycles. The van der Waals surface area contributed by atoms with Gasteiger partial charge in [0, 0.05) is 13.1 Å². The van der Waals surface area contributed by atoms with Crippen molar-refractivity contribution in [2.75, 3.05) is 5.32 Å². The number of rotatable bonds is 4. The number of nitrogens with one attached hydrogen (secondary N) is 1. The minimum atomic E-state index is -1.19. The van der Waals surface area contributed by atoms with Gasteiger partial charge in [-0.2, -0.15) is 5.10 Å². The van der Waals surface area contributed by atoms with Crippen molar-refractivity contribution in [3.63, 3.8) is 0 Å². The van der Waals surface area contributed by atoms with Crippen molar-refractivity contribution in [3.05, 3.63) is 11.8 Å². The molecule has 1 saturated carbocycles. The smallest absolute Gasteiger partial charge is 0.257 e. The van der Waals surface area contributed by atoms with E-state index in [1.54, 1.807) is 11.7 Å². The Kier molecular flexibility index (Phi) is 3.71. The van der Waals surface area contributed by atoms with Gasteiger partial charge in [-0.25, -0.2) is 0 Å². The zero-order valence-electron chi connectivity index (χ0n) is 11.1. The van der Waals surface area contributed by atoms with Gasteiger partial charge >= 0.3 is 0 Å². The average Bonchev–Trinajstić information content (AvgIpc) is 2.88. The third-order valence-corrected chi connectivity index (χ3v) is 3.53. The van der Waals surface area contributed by atoms with E-state index in [9.17, 15) is 9.90 Å². The molecule has 1 aliphatic rings. The molecule has 1 heterocycles. The van der Waals surface area contributed by atoms with Crippen LogP contribution < -0.4 is 5.32 Å². The molecule has 5 heteroatoms. The van der Waals surface area contributed by atoms with Crippen molar-refractivity contribution in [2.24, 2.45) is 7.05 Å². The van der Waals surface area contributed by atoms with Crippen molar-refractivity contribution < 1.29 is 9.90 Å². The summed E-state index contributed by atoms with van der Waals surface area (Å²) < 4.78 is 1.65. The van der Waals surface area contributed by atoms with E-state index in [4.69, 9.17) is 0 Å². The SMILES string of the molecule is CCCc1cc(NC(=O)C2(O)CCCC2)n(C)n1. The number of amides is 1. The molecule has 0 spiro atoms. The van der Waals surface area contributed by atoms with Crippen LogP contribution in [0.2, 0.25) is 0 Å². The summed E-state index contributed by atoms with van der Waals surface area (Å²) in [5, 5.41) is 17.3. The first-order valence-corrected chi connectivity index (χ1v) is 6.62. The maximum Gasteiger partial charge on any atom is 0.257 e. The van der Waals surface area contributed by atoms with Gasteiger partial charge in [-0.05, 0) is 32.1 Å². The molecule has 1 aromatic heterocycles. The molecule has 1 fully saturated rings. The van der Waals surface area contributed by atoms with E-state index in [0.717, 1.165) is 31.4 Å². The normalized spacial score (nSPS) is 17.9. The highest BCUT2D eigenvalue weighted by Crippen LogP contribution is 2.30. The number of aliphatic hydroxyl groups is 1. The van der Waals surface area contributed by atoms with Crippen LogP contribution in [0, 0.1) is 0 Å². The van der Waals surface area contributed by atoms with Gasteiger partial charge in [0.1, 0.15) is 11.4 Å². The van der Waals surface area contributed by atoms with Crippen molar-refractivity contribution in [3.8, 4) is 0 Å². The van der Waals surface area contributed by atoms with Crippen LogP contribution >= 0.6 is 0 Å². The predicted octanol–water partition coefficient (Wildman–Crippen LogP) is 1.62. The predicted molar refractivity (Wildman–Crippen MR) is 69.3 cm³/mol. The second kappa shape index (κ2) is 5.10. The molecule has 2 N–H and O–H groups in total. The van der Waals surface area contributed by atoms with Crippen LogP contribution in [-0.4, -0.2) is 26.4 Å².